The third-order valence-electron chi connectivity index (χ3n) is 10.7. The molecule has 0 bridgehead atoms. The van der Waals surface area contributed by atoms with Crippen molar-refractivity contribution in [3.05, 3.63) is 37.4 Å². The van der Waals surface area contributed by atoms with Crippen LogP contribution < -0.4 is 21.5 Å². The van der Waals surface area contributed by atoms with E-state index in [2.05, 4.69) is 90.6 Å². The third-order valence-corrected chi connectivity index (χ3v) is 11.5. The molecule has 13 heteroatoms. The number of hydrogen-bond acceptors (Lipinski definition) is 3. The van der Waals surface area contributed by atoms with Gasteiger partial charge in [-0.15, -0.1) is 0 Å². The van der Waals surface area contributed by atoms with Crippen molar-refractivity contribution in [3.8, 4) is 0 Å². The molecule has 2 rings (SSSR count). The fourth-order valence-electron chi connectivity index (χ4n) is 7.01. The summed E-state index contributed by atoms with van der Waals surface area (Å²) in [6.07, 6.45) is 51.6. The highest BCUT2D eigenvalue weighted by atomic mass is 35.5. The van der Waals surface area contributed by atoms with Gasteiger partial charge in [0.15, 0.2) is 10.1 Å². The molecule has 2 heterocycles. The van der Waals surface area contributed by atoms with Gasteiger partial charge in [0.2, 0.25) is 12.7 Å². The second-order valence-corrected chi connectivity index (χ2v) is 18.5. The van der Waals surface area contributed by atoms with E-state index in [0.29, 0.717) is 0 Å². The zero-order chi connectivity index (χ0) is 43.3. The molecule has 0 aromatic carbocycles. The van der Waals surface area contributed by atoms with Crippen molar-refractivity contribution in [3.63, 3.8) is 0 Å². The first kappa shape index (κ1) is 59.4. The largest absolute Gasteiger partial charge is 1.00 e. The van der Waals surface area contributed by atoms with Gasteiger partial charge in [-0.25, -0.2) is 35.5 Å². The molecule has 59 heavy (non-hydrogen) atoms. The molecule has 0 saturated heterocycles. The van der Waals surface area contributed by atoms with Crippen LogP contribution in [0, 0.1) is 5.92 Å². The van der Waals surface area contributed by atoms with Crippen molar-refractivity contribution < 1.29 is 52.1 Å². The summed E-state index contributed by atoms with van der Waals surface area (Å²) >= 11 is 0. The maximum absolute atomic E-state index is 11.4. The van der Waals surface area contributed by atoms with Crippen LogP contribution in [0.3, 0.4) is 0 Å². The Hall–Kier alpha value is -1.66. The van der Waals surface area contributed by atoms with Crippen LogP contribution in [0.15, 0.2) is 37.4 Å². The lowest BCUT2D eigenvalue weighted by Crippen LogP contribution is -3.00. The minimum absolute atomic E-state index is 0. The smallest absolute Gasteiger partial charge is 0.393 e. The minimum atomic E-state index is -6.23. The molecule has 2 aromatic heterocycles. The second kappa shape index (κ2) is 39.2. The lowest BCUT2D eigenvalue weighted by Gasteiger charge is -2.17. The van der Waals surface area contributed by atoms with Crippen molar-refractivity contribution in [1.29, 1.82) is 0 Å². The molecule has 0 fully saturated rings. The quantitative estimate of drug-likeness (QED) is 0.0300. The summed E-state index contributed by atoms with van der Waals surface area (Å²) in [7, 11) is -2.06. The Kier molecular flexibility index (Phi) is 39.5. The highest BCUT2D eigenvalue weighted by molar-refractivity contribution is 7.86. The average Bonchev–Trinajstić information content (AvgIpc) is 3.79. The molecule has 0 saturated carbocycles. The minimum Gasteiger partial charge on any atom is -1.00 e. The Labute approximate surface area is 365 Å². The molecule has 0 unspecified atom stereocenters. The van der Waals surface area contributed by atoms with Crippen LogP contribution in [-0.2, 0) is 37.3 Å². The van der Waals surface area contributed by atoms with E-state index in [0.717, 1.165) is 5.92 Å². The van der Waals surface area contributed by atoms with Crippen molar-refractivity contribution >= 4 is 10.1 Å². The van der Waals surface area contributed by atoms with E-state index in [-0.39, 0.29) is 12.4 Å². The van der Waals surface area contributed by atoms with Crippen molar-refractivity contribution in [1.82, 2.24) is 9.13 Å². The first-order valence-corrected chi connectivity index (χ1v) is 24.7. The van der Waals surface area contributed by atoms with Crippen molar-refractivity contribution in [2.75, 3.05) is 0 Å². The summed E-state index contributed by atoms with van der Waals surface area (Å²) in [5.41, 5.74) is 0. The summed E-state index contributed by atoms with van der Waals surface area (Å²) in [6.45, 7) is 9.33. The SMILES string of the molecule is CC(C)CCCCCCCCCCCCCCCn1cc[n+](C)c1.CCCCCCCCCCCCCCCCCCn1cc[n+](C)c1.O=S(=O)([O-])C(F)(F)C(F)F.[Cl-]. The van der Waals surface area contributed by atoms with Gasteiger partial charge in [-0.05, 0) is 31.6 Å². The standard InChI is InChI=1S/2C22H43N2.C2H2F4O3S.ClH/c1-22(2)17-15-13-11-9-7-5-4-6-8-10-12-14-16-18-24-20-19-23(3)21-24;1-3-4-5-6-7-8-9-10-11-12-13-14-15-16-17-18-19-24-21-20-23(2)22-24;3-1(4)2(5,6)10(7,8)9;/h19-22H,4-18H2,1-3H3;20-22H,3-19H2,1-2H3;1H,(H,7,8,9);1H/q2*+1;;/p-2. The predicted octanol–water partition coefficient (Wildman–Crippen LogP) is 10.4. The molecular weight excluding hydrogens is 800 g/mol. The van der Waals surface area contributed by atoms with Crippen LogP contribution >= 0.6 is 0 Å². The maximum Gasteiger partial charge on any atom is 0.393 e. The highest BCUT2D eigenvalue weighted by Gasteiger charge is 2.48. The number of aryl methyl sites for hydroxylation is 4. The van der Waals surface area contributed by atoms with Crippen LogP contribution in [-0.4, -0.2) is 33.8 Å². The van der Waals surface area contributed by atoms with Gasteiger partial charge in [0.1, 0.15) is 24.8 Å². The van der Waals surface area contributed by atoms with Gasteiger partial charge in [0, 0.05) is 0 Å². The molecule has 350 valence electrons. The fourth-order valence-corrected chi connectivity index (χ4v) is 7.23. The van der Waals surface area contributed by atoms with Crippen LogP contribution in [0.25, 0.3) is 0 Å². The zero-order valence-electron chi connectivity index (χ0n) is 38.1. The van der Waals surface area contributed by atoms with E-state index in [4.69, 9.17) is 0 Å². The van der Waals surface area contributed by atoms with E-state index >= 15 is 0 Å². The van der Waals surface area contributed by atoms with Gasteiger partial charge >= 0.3 is 11.7 Å². The number of hydrogen-bond donors (Lipinski definition) is 0. The first-order valence-electron chi connectivity index (χ1n) is 23.3. The van der Waals surface area contributed by atoms with E-state index in [1.807, 2.05) is 0 Å². The number of unbranched alkanes of at least 4 members (excludes halogenated alkanes) is 27. The van der Waals surface area contributed by atoms with E-state index in [1.54, 1.807) is 0 Å². The summed E-state index contributed by atoms with van der Waals surface area (Å²) in [4.78, 5) is 0. The average molecular weight is 888 g/mol. The van der Waals surface area contributed by atoms with Crippen molar-refractivity contribution in [2.45, 2.75) is 238 Å². The Morgan fingerprint density at radius 1 is 0.542 bits per heavy atom. The number of rotatable bonds is 35. The monoisotopic (exact) mass is 887 g/mol. The lowest BCUT2D eigenvalue weighted by molar-refractivity contribution is -0.671. The van der Waals surface area contributed by atoms with Crippen LogP contribution in [0.4, 0.5) is 17.6 Å². The lowest BCUT2D eigenvalue weighted by atomic mass is 10.0. The maximum atomic E-state index is 11.4. The molecule has 7 nitrogen and oxygen atoms in total. The van der Waals surface area contributed by atoms with Crippen LogP contribution in [0.5, 0.6) is 0 Å². The zero-order valence-corrected chi connectivity index (χ0v) is 39.6. The molecule has 0 radical (unpaired) electrons. The molecule has 0 atom stereocenters. The topological polar surface area (TPSA) is 74.8 Å². The number of imidazole rings is 2. The Morgan fingerprint density at radius 2 is 0.814 bits per heavy atom. The van der Waals surface area contributed by atoms with Gasteiger partial charge in [-0.2, -0.15) is 8.78 Å². The van der Waals surface area contributed by atoms with Gasteiger partial charge in [0.05, 0.1) is 27.2 Å². The van der Waals surface area contributed by atoms with Gasteiger partial charge < -0.3 is 17.0 Å². The molecular formula is C46H87ClF4N4O3S. The summed E-state index contributed by atoms with van der Waals surface area (Å²) < 4.78 is 81.5. The summed E-state index contributed by atoms with van der Waals surface area (Å²) in [5.74, 6) is 0.891. The van der Waals surface area contributed by atoms with Crippen molar-refractivity contribution in [2.24, 2.45) is 20.0 Å². The Bertz CT molecular complexity index is 1290. The normalized spacial score (nSPS) is 11.7. The first-order chi connectivity index (χ1) is 27.7. The second-order valence-electron chi connectivity index (χ2n) is 17.0. The molecule has 2 aromatic rings. The van der Waals surface area contributed by atoms with E-state index in [9.17, 15) is 30.5 Å². The summed E-state index contributed by atoms with van der Waals surface area (Å²) in [5, 5.41) is -5.48. The number of nitrogens with zero attached hydrogens (tertiary/aromatic N) is 4. The van der Waals surface area contributed by atoms with Gasteiger partial charge in [-0.3, -0.25) is 0 Å². The fraction of sp³-hybridized carbons (Fsp3) is 0.870. The Balaban J connectivity index is 0. The number of aromatic nitrogens is 4. The molecule has 0 aliphatic heterocycles. The molecule has 0 spiro atoms. The molecule has 0 amide bonds. The van der Waals surface area contributed by atoms with E-state index in [1.165, 1.54) is 206 Å². The van der Waals surface area contributed by atoms with Crippen LogP contribution in [0.1, 0.15) is 213 Å². The third kappa shape index (κ3) is 36.7. The number of alkyl halides is 4. The Morgan fingerprint density at radius 3 is 1.02 bits per heavy atom. The summed E-state index contributed by atoms with van der Waals surface area (Å²) in [6, 6.07) is 0. The molecule has 0 aliphatic rings. The van der Waals surface area contributed by atoms with Crippen LogP contribution in [0.2, 0.25) is 0 Å². The van der Waals surface area contributed by atoms with Gasteiger partial charge in [-0.1, -0.05) is 188 Å². The van der Waals surface area contributed by atoms with Gasteiger partial charge in [0.25, 0.3) is 0 Å². The highest BCUT2D eigenvalue weighted by Crippen LogP contribution is 2.27. The van der Waals surface area contributed by atoms with E-state index < -0.39 is 21.8 Å². The molecule has 0 N–H and O–H groups in total. The molecule has 0 aliphatic carbocycles. The predicted molar refractivity (Wildman–Crippen MR) is 231 cm³/mol. The number of halogens is 5.